The lowest BCUT2D eigenvalue weighted by atomic mass is 10.0. The second kappa shape index (κ2) is 9.30. The van der Waals surface area contributed by atoms with Crippen LogP contribution in [0.2, 0.25) is 0 Å². The molecule has 2 aromatic carbocycles. The maximum atomic E-state index is 13.4. The summed E-state index contributed by atoms with van der Waals surface area (Å²) in [7, 11) is 0. The van der Waals surface area contributed by atoms with Crippen LogP contribution in [0.3, 0.4) is 0 Å². The first-order valence-corrected chi connectivity index (χ1v) is 12.7. The van der Waals surface area contributed by atoms with E-state index < -0.39 is 0 Å². The van der Waals surface area contributed by atoms with Gasteiger partial charge < -0.3 is 14.6 Å². The highest BCUT2D eigenvalue weighted by atomic mass is 16.4. The van der Waals surface area contributed by atoms with Crippen molar-refractivity contribution >= 4 is 33.9 Å². The van der Waals surface area contributed by atoms with Crippen molar-refractivity contribution in [1.29, 1.82) is 0 Å². The number of hydrogen-bond acceptors (Lipinski definition) is 6. The Labute approximate surface area is 205 Å². The molecule has 1 N–H and O–H groups in total. The molecule has 2 aliphatic heterocycles. The van der Waals surface area contributed by atoms with Gasteiger partial charge in [-0.25, -0.2) is 0 Å². The van der Waals surface area contributed by atoms with Crippen LogP contribution in [0.5, 0.6) is 0 Å². The van der Waals surface area contributed by atoms with Crippen LogP contribution in [0.15, 0.2) is 65.2 Å². The zero-order valence-electron chi connectivity index (χ0n) is 20.1. The number of nitrogens with one attached hydrogen (secondary N) is 1. The molecule has 1 amide bonds. The summed E-state index contributed by atoms with van der Waals surface area (Å²) in [4.78, 5) is 27.1. The first kappa shape index (κ1) is 22.0. The molecule has 7 heteroatoms. The second-order valence-corrected chi connectivity index (χ2v) is 9.75. The summed E-state index contributed by atoms with van der Waals surface area (Å²) >= 11 is 0. The third-order valence-corrected chi connectivity index (χ3v) is 7.58. The average molecular weight is 470 g/mol. The summed E-state index contributed by atoms with van der Waals surface area (Å²) in [5.74, 6) is 0.0841. The van der Waals surface area contributed by atoms with Gasteiger partial charge in [0.1, 0.15) is 11.6 Å². The summed E-state index contributed by atoms with van der Waals surface area (Å²) in [5.41, 5.74) is 3.90. The fraction of sp³-hybridized carbons (Fsp3) is 0.393. The Balaban J connectivity index is 1.14. The maximum absolute atomic E-state index is 13.4. The lowest BCUT2D eigenvalue weighted by Gasteiger charge is -2.34. The quantitative estimate of drug-likeness (QED) is 0.457. The van der Waals surface area contributed by atoms with Crippen molar-refractivity contribution in [1.82, 2.24) is 20.2 Å². The van der Waals surface area contributed by atoms with E-state index >= 15 is 0 Å². The number of likely N-dealkylation sites (tertiary alicyclic amines) is 1. The van der Waals surface area contributed by atoms with Crippen LogP contribution in [0.1, 0.15) is 44.2 Å². The number of carbonyl (C=O) groups excluding carboxylic acids is 1. The van der Waals surface area contributed by atoms with Gasteiger partial charge in [0.25, 0.3) is 6.01 Å². The Kier molecular flexibility index (Phi) is 5.86. The number of para-hydroxylation sites is 3. The molecule has 4 heterocycles. The smallest absolute Gasteiger partial charge is 0.299 e. The summed E-state index contributed by atoms with van der Waals surface area (Å²) in [6.07, 6.45) is 5.75. The number of nitrogens with zero attached hydrogens (tertiary/aromatic N) is 4. The van der Waals surface area contributed by atoms with Crippen LogP contribution >= 0.6 is 0 Å². The van der Waals surface area contributed by atoms with E-state index in [9.17, 15) is 4.79 Å². The van der Waals surface area contributed by atoms with E-state index in [1.54, 1.807) is 0 Å². The molecule has 0 aliphatic carbocycles. The summed E-state index contributed by atoms with van der Waals surface area (Å²) < 4.78 is 6.01. The molecule has 4 aromatic rings. The highest BCUT2D eigenvalue weighted by Gasteiger charge is 2.35. The van der Waals surface area contributed by atoms with Crippen molar-refractivity contribution in [3.05, 3.63) is 66.4 Å². The number of piperidine rings is 1. The number of pyridine rings is 1. The minimum atomic E-state index is -0.243. The van der Waals surface area contributed by atoms with Gasteiger partial charge in [-0.2, -0.15) is 4.98 Å². The Morgan fingerprint density at radius 3 is 2.74 bits per heavy atom. The number of rotatable bonds is 5. The van der Waals surface area contributed by atoms with Gasteiger partial charge >= 0.3 is 0 Å². The Morgan fingerprint density at radius 1 is 1.03 bits per heavy atom. The number of fused-ring (bicyclic) bond motifs is 2. The van der Waals surface area contributed by atoms with Crippen LogP contribution in [0, 0.1) is 0 Å². The van der Waals surface area contributed by atoms with E-state index in [1.165, 1.54) is 10.9 Å². The number of hydrogen-bond donors (Lipinski definition) is 1. The highest BCUT2D eigenvalue weighted by Crippen LogP contribution is 2.31. The third-order valence-electron chi connectivity index (χ3n) is 7.58. The molecule has 35 heavy (non-hydrogen) atoms. The van der Waals surface area contributed by atoms with Crippen molar-refractivity contribution in [3.8, 4) is 0 Å². The average Bonchev–Trinajstić information content (AvgIpc) is 3.55. The molecule has 0 saturated carbocycles. The van der Waals surface area contributed by atoms with E-state index in [2.05, 4.69) is 56.3 Å². The molecule has 180 valence electrons. The lowest BCUT2D eigenvalue weighted by molar-refractivity contribution is -0.123. The second-order valence-electron chi connectivity index (χ2n) is 9.75. The van der Waals surface area contributed by atoms with Gasteiger partial charge in [0.15, 0.2) is 5.58 Å². The molecule has 2 aliphatic rings. The predicted molar refractivity (Wildman–Crippen MR) is 137 cm³/mol. The van der Waals surface area contributed by atoms with E-state index in [4.69, 9.17) is 4.42 Å². The number of carbonyl (C=O) groups is 1. The van der Waals surface area contributed by atoms with Crippen molar-refractivity contribution in [2.75, 3.05) is 24.5 Å². The zero-order valence-corrected chi connectivity index (χ0v) is 20.1. The first-order valence-electron chi connectivity index (χ1n) is 12.7. The first-order chi connectivity index (χ1) is 17.2. The molecule has 2 saturated heterocycles. The lowest BCUT2D eigenvalue weighted by Crippen LogP contribution is -2.52. The molecule has 3 atom stereocenters. The van der Waals surface area contributed by atoms with E-state index in [-0.39, 0.29) is 24.0 Å². The van der Waals surface area contributed by atoms with Crippen LogP contribution in [-0.4, -0.2) is 52.5 Å². The standard InChI is InChI=1S/C28H31N5O2/c1-19(21-13-15-29-23-9-3-2-8-22(21)23)32-17-14-20(18-32)30-27(34)25-11-6-7-16-33(25)28-31-24-10-4-5-12-26(24)35-28/h2-5,8-10,12-13,15,19-20,25H,6-7,11,14,16-18H2,1H3,(H,30,34)/t19?,20-,25-/m0/s1. The Hall–Kier alpha value is -3.45. The molecule has 0 spiro atoms. The molecule has 0 radical (unpaired) electrons. The fourth-order valence-electron chi connectivity index (χ4n) is 5.65. The number of anilines is 1. The predicted octanol–water partition coefficient (Wildman–Crippen LogP) is 4.69. The van der Waals surface area contributed by atoms with Crippen molar-refractivity contribution < 1.29 is 9.21 Å². The van der Waals surface area contributed by atoms with Crippen molar-refractivity contribution in [2.45, 2.75) is 50.7 Å². The van der Waals surface area contributed by atoms with Gasteiger partial charge in [-0.3, -0.25) is 14.7 Å². The normalized spacial score (nSPS) is 22.0. The van der Waals surface area contributed by atoms with Gasteiger partial charge in [0.2, 0.25) is 5.91 Å². The Morgan fingerprint density at radius 2 is 1.86 bits per heavy atom. The monoisotopic (exact) mass is 469 g/mol. The molecule has 7 nitrogen and oxygen atoms in total. The SMILES string of the molecule is CC(c1ccnc2ccccc12)N1CC[C@H](NC(=O)[C@@H]2CCCCN2c2nc3ccccc3o2)C1. The maximum Gasteiger partial charge on any atom is 0.299 e. The molecule has 6 rings (SSSR count). The fourth-order valence-corrected chi connectivity index (χ4v) is 5.65. The van der Waals surface area contributed by atoms with E-state index in [1.807, 2.05) is 36.5 Å². The van der Waals surface area contributed by atoms with Crippen molar-refractivity contribution in [3.63, 3.8) is 0 Å². The summed E-state index contributed by atoms with van der Waals surface area (Å²) in [6.45, 7) is 4.84. The molecular formula is C28H31N5O2. The molecule has 2 aromatic heterocycles. The number of oxazole rings is 1. The van der Waals surface area contributed by atoms with Gasteiger partial charge in [-0.15, -0.1) is 0 Å². The zero-order chi connectivity index (χ0) is 23.8. The van der Waals surface area contributed by atoms with E-state index in [0.29, 0.717) is 6.01 Å². The summed E-state index contributed by atoms with van der Waals surface area (Å²) in [6, 6.07) is 18.9. The number of benzene rings is 2. The molecule has 0 bridgehead atoms. The van der Waals surface area contributed by atoms with Gasteiger partial charge in [-0.1, -0.05) is 30.3 Å². The third kappa shape index (κ3) is 4.25. The van der Waals surface area contributed by atoms with Gasteiger partial charge in [0, 0.05) is 43.3 Å². The highest BCUT2D eigenvalue weighted by molar-refractivity contribution is 5.86. The molecule has 2 fully saturated rings. The summed E-state index contributed by atoms with van der Waals surface area (Å²) in [5, 5.41) is 4.55. The van der Waals surface area contributed by atoms with E-state index in [0.717, 1.165) is 61.9 Å². The van der Waals surface area contributed by atoms with Gasteiger partial charge in [0.05, 0.1) is 5.52 Å². The van der Waals surface area contributed by atoms with Crippen LogP contribution in [0.25, 0.3) is 22.0 Å². The van der Waals surface area contributed by atoms with Crippen molar-refractivity contribution in [2.24, 2.45) is 0 Å². The van der Waals surface area contributed by atoms with Crippen LogP contribution in [-0.2, 0) is 4.79 Å². The number of aromatic nitrogens is 2. The van der Waals surface area contributed by atoms with Crippen LogP contribution < -0.4 is 10.2 Å². The molecule has 1 unspecified atom stereocenters. The topological polar surface area (TPSA) is 74.5 Å². The minimum absolute atomic E-state index is 0.0841. The largest absolute Gasteiger partial charge is 0.423 e. The minimum Gasteiger partial charge on any atom is -0.423 e. The Bertz CT molecular complexity index is 1310. The molecular weight excluding hydrogens is 438 g/mol. The van der Waals surface area contributed by atoms with Gasteiger partial charge in [-0.05, 0) is 62.4 Å². The number of amides is 1. The van der Waals surface area contributed by atoms with Crippen LogP contribution in [0.4, 0.5) is 6.01 Å².